The second-order valence-corrected chi connectivity index (χ2v) is 11.4. The number of hydrogen-bond donors (Lipinski definition) is 2. The Bertz CT molecular complexity index is 1060. The zero-order valence-corrected chi connectivity index (χ0v) is 19.7. The molecule has 3 heterocycles. The number of aryl methyl sites for hydroxylation is 1. The predicted octanol–water partition coefficient (Wildman–Crippen LogP) is 0.327. The highest BCUT2D eigenvalue weighted by Crippen LogP contribution is 2.29. The fraction of sp³-hybridized carbons (Fsp3) is 0.526. The summed E-state index contributed by atoms with van der Waals surface area (Å²) in [5.74, 6) is -1.04. The summed E-state index contributed by atoms with van der Waals surface area (Å²) in [6.45, 7) is 6.41. The van der Waals surface area contributed by atoms with Gasteiger partial charge in [-0.2, -0.15) is 9.40 Å². The molecular weight excluding hydrogens is 440 g/mol. The molecule has 0 bridgehead atoms. The SMILES string of the molecule is Cn1nc(C(C)(C)C)cc1C(=O)N1CCN(S(=O)(=O)c2cccs2)C1C(=O)NCCN. The standard InChI is InChI=1S/C19H28N6O4S2/c1-19(2,3)14-12-13(23(4)22-14)18(27)24-9-10-25(17(24)16(26)21-8-7-20)31(28,29)15-6-5-11-30-15/h5-6,11-12,17H,7-10,20H2,1-4H3,(H,21,26). The molecule has 12 heteroatoms. The molecule has 2 aromatic rings. The zero-order chi connectivity index (χ0) is 23.0. The number of carbonyl (C=O) groups is 2. The molecule has 2 amide bonds. The molecule has 1 atom stereocenters. The van der Waals surface area contributed by atoms with Gasteiger partial charge in [0.1, 0.15) is 9.90 Å². The Morgan fingerprint density at radius 3 is 2.58 bits per heavy atom. The Morgan fingerprint density at radius 1 is 1.32 bits per heavy atom. The Balaban J connectivity index is 1.98. The first-order chi connectivity index (χ1) is 14.5. The van der Waals surface area contributed by atoms with Crippen molar-refractivity contribution in [1.29, 1.82) is 0 Å². The second-order valence-electron chi connectivity index (χ2n) is 8.29. The van der Waals surface area contributed by atoms with Gasteiger partial charge in [-0.1, -0.05) is 26.8 Å². The van der Waals surface area contributed by atoms with Gasteiger partial charge in [0.25, 0.3) is 21.8 Å². The van der Waals surface area contributed by atoms with Crippen LogP contribution in [0.3, 0.4) is 0 Å². The van der Waals surface area contributed by atoms with Gasteiger partial charge in [0.05, 0.1) is 5.69 Å². The van der Waals surface area contributed by atoms with Gasteiger partial charge in [-0.15, -0.1) is 11.3 Å². The molecule has 3 N–H and O–H groups in total. The quantitative estimate of drug-likeness (QED) is 0.628. The lowest BCUT2D eigenvalue weighted by atomic mass is 9.92. The molecule has 1 unspecified atom stereocenters. The molecule has 1 saturated heterocycles. The highest BCUT2D eigenvalue weighted by atomic mass is 32.2. The predicted molar refractivity (Wildman–Crippen MR) is 117 cm³/mol. The van der Waals surface area contributed by atoms with Gasteiger partial charge in [-0.3, -0.25) is 14.3 Å². The Labute approximate surface area is 186 Å². The lowest BCUT2D eigenvalue weighted by Gasteiger charge is -2.28. The third-order valence-electron chi connectivity index (χ3n) is 4.99. The maximum atomic E-state index is 13.4. The molecule has 0 aromatic carbocycles. The summed E-state index contributed by atoms with van der Waals surface area (Å²) in [5.41, 5.74) is 6.23. The summed E-state index contributed by atoms with van der Waals surface area (Å²) in [7, 11) is -2.29. The van der Waals surface area contributed by atoms with E-state index in [1.54, 1.807) is 24.6 Å². The number of hydrogen-bond acceptors (Lipinski definition) is 7. The van der Waals surface area contributed by atoms with Gasteiger partial charge in [0.2, 0.25) is 0 Å². The van der Waals surface area contributed by atoms with Crippen molar-refractivity contribution in [2.24, 2.45) is 12.8 Å². The van der Waals surface area contributed by atoms with Gasteiger partial charge in [0, 0.05) is 38.6 Å². The van der Waals surface area contributed by atoms with Crippen LogP contribution >= 0.6 is 11.3 Å². The molecule has 10 nitrogen and oxygen atoms in total. The van der Waals surface area contributed by atoms with E-state index in [-0.39, 0.29) is 41.5 Å². The van der Waals surface area contributed by atoms with Crippen LogP contribution in [0.1, 0.15) is 37.0 Å². The van der Waals surface area contributed by atoms with E-state index >= 15 is 0 Å². The normalized spacial score (nSPS) is 17.8. The van der Waals surface area contributed by atoms with Crippen LogP contribution < -0.4 is 11.1 Å². The van der Waals surface area contributed by atoms with Crippen LogP contribution in [0.15, 0.2) is 27.8 Å². The number of rotatable bonds is 6. The number of sulfonamides is 1. The maximum absolute atomic E-state index is 13.4. The molecular formula is C19H28N6O4S2. The van der Waals surface area contributed by atoms with Crippen LogP contribution in [0, 0.1) is 0 Å². The monoisotopic (exact) mass is 468 g/mol. The van der Waals surface area contributed by atoms with Crippen LogP contribution in [0.5, 0.6) is 0 Å². The number of amides is 2. The molecule has 0 spiro atoms. The Kier molecular flexibility index (Phi) is 6.56. The van der Waals surface area contributed by atoms with E-state index in [0.29, 0.717) is 0 Å². The van der Waals surface area contributed by atoms with Crippen molar-refractivity contribution >= 4 is 33.2 Å². The van der Waals surface area contributed by atoms with E-state index in [2.05, 4.69) is 10.4 Å². The van der Waals surface area contributed by atoms with Crippen LogP contribution in [0.2, 0.25) is 0 Å². The highest BCUT2D eigenvalue weighted by molar-refractivity contribution is 7.91. The molecule has 2 aromatic heterocycles. The molecule has 31 heavy (non-hydrogen) atoms. The van der Waals surface area contributed by atoms with E-state index in [4.69, 9.17) is 5.73 Å². The van der Waals surface area contributed by atoms with Crippen molar-refractivity contribution in [1.82, 2.24) is 24.3 Å². The van der Waals surface area contributed by atoms with Gasteiger partial charge in [0.15, 0.2) is 6.17 Å². The van der Waals surface area contributed by atoms with Crippen molar-refractivity contribution in [3.63, 3.8) is 0 Å². The van der Waals surface area contributed by atoms with Crippen molar-refractivity contribution < 1.29 is 18.0 Å². The summed E-state index contributed by atoms with van der Waals surface area (Å²) in [4.78, 5) is 27.6. The minimum absolute atomic E-state index is 0.0106. The fourth-order valence-electron chi connectivity index (χ4n) is 3.34. The lowest BCUT2D eigenvalue weighted by Crippen LogP contribution is -2.54. The molecule has 0 radical (unpaired) electrons. The third kappa shape index (κ3) is 4.52. The van der Waals surface area contributed by atoms with Crippen molar-refractivity contribution in [2.75, 3.05) is 26.2 Å². The maximum Gasteiger partial charge on any atom is 0.273 e. The van der Waals surface area contributed by atoms with Crippen molar-refractivity contribution in [3.8, 4) is 0 Å². The van der Waals surface area contributed by atoms with Crippen LogP contribution in [0.4, 0.5) is 0 Å². The van der Waals surface area contributed by atoms with Gasteiger partial charge < -0.3 is 16.0 Å². The number of nitrogens with one attached hydrogen (secondary N) is 1. The van der Waals surface area contributed by atoms with E-state index in [0.717, 1.165) is 21.3 Å². The first-order valence-corrected chi connectivity index (χ1v) is 12.2. The van der Waals surface area contributed by atoms with Gasteiger partial charge in [-0.25, -0.2) is 8.42 Å². The summed E-state index contributed by atoms with van der Waals surface area (Å²) in [5, 5.41) is 8.70. The number of aromatic nitrogens is 2. The largest absolute Gasteiger partial charge is 0.352 e. The summed E-state index contributed by atoms with van der Waals surface area (Å²) < 4.78 is 29.0. The topological polar surface area (TPSA) is 131 Å². The molecule has 3 rings (SSSR count). The number of nitrogens with zero attached hydrogens (tertiary/aromatic N) is 4. The molecule has 1 aliphatic rings. The van der Waals surface area contributed by atoms with Crippen LogP contribution in [-0.2, 0) is 27.3 Å². The second kappa shape index (κ2) is 8.69. The highest BCUT2D eigenvalue weighted by Gasteiger charge is 2.47. The number of carbonyl (C=O) groups excluding carboxylic acids is 2. The molecule has 170 valence electrons. The third-order valence-corrected chi connectivity index (χ3v) is 8.22. The van der Waals surface area contributed by atoms with Crippen molar-refractivity contribution in [3.05, 3.63) is 35.0 Å². The average Bonchev–Trinajstić information content (AvgIpc) is 3.43. The summed E-state index contributed by atoms with van der Waals surface area (Å²) in [6.07, 6.45) is -1.31. The lowest BCUT2D eigenvalue weighted by molar-refractivity contribution is -0.127. The first-order valence-electron chi connectivity index (χ1n) is 9.87. The Hall–Kier alpha value is -2.28. The molecule has 1 fully saturated rings. The average molecular weight is 469 g/mol. The van der Waals surface area contributed by atoms with Gasteiger partial charge >= 0.3 is 0 Å². The number of nitrogens with two attached hydrogens (primary N) is 1. The first kappa shape index (κ1) is 23.4. The minimum Gasteiger partial charge on any atom is -0.352 e. The smallest absolute Gasteiger partial charge is 0.273 e. The zero-order valence-electron chi connectivity index (χ0n) is 18.0. The molecule has 0 saturated carbocycles. The molecule has 1 aliphatic heterocycles. The number of thiophene rings is 1. The Morgan fingerprint density at radius 2 is 2.03 bits per heavy atom. The molecule has 0 aliphatic carbocycles. The van der Waals surface area contributed by atoms with Crippen LogP contribution in [0.25, 0.3) is 0 Å². The minimum atomic E-state index is -3.95. The van der Waals surface area contributed by atoms with E-state index in [9.17, 15) is 18.0 Å². The van der Waals surface area contributed by atoms with E-state index < -0.39 is 28.0 Å². The summed E-state index contributed by atoms with van der Waals surface area (Å²) >= 11 is 1.06. The fourth-order valence-corrected chi connectivity index (χ4v) is 6.00. The van der Waals surface area contributed by atoms with E-state index in [1.807, 2.05) is 20.8 Å². The summed E-state index contributed by atoms with van der Waals surface area (Å²) in [6, 6.07) is 4.80. The van der Waals surface area contributed by atoms with Crippen LogP contribution in [-0.4, -0.2) is 71.6 Å². The van der Waals surface area contributed by atoms with Gasteiger partial charge in [-0.05, 0) is 17.5 Å². The van der Waals surface area contributed by atoms with E-state index in [1.165, 1.54) is 15.6 Å². The van der Waals surface area contributed by atoms with Crippen molar-refractivity contribution in [2.45, 2.75) is 36.6 Å².